The average Bonchev–Trinajstić information content (AvgIpc) is 2.42. The Morgan fingerprint density at radius 2 is 1.53 bits per heavy atom. The van der Waals surface area contributed by atoms with Gasteiger partial charge in [0.15, 0.2) is 0 Å². The van der Waals surface area contributed by atoms with Crippen LogP contribution in [-0.2, 0) is 6.42 Å². The van der Waals surface area contributed by atoms with Gasteiger partial charge in [0.25, 0.3) is 0 Å². The fourth-order valence-electron chi connectivity index (χ4n) is 1.77. The van der Waals surface area contributed by atoms with Gasteiger partial charge >= 0.3 is 6.03 Å². The van der Waals surface area contributed by atoms with E-state index >= 15 is 0 Å². The van der Waals surface area contributed by atoms with Crippen LogP contribution in [0.2, 0.25) is 0 Å². The maximum atomic E-state index is 11.5. The summed E-state index contributed by atoms with van der Waals surface area (Å²) >= 11 is 0. The molecule has 19 heavy (non-hydrogen) atoms. The minimum atomic E-state index is -0.115. The van der Waals surface area contributed by atoms with Crippen molar-refractivity contribution in [3.8, 4) is 0 Å². The van der Waals surface area contributed by atoms with Crippen LogP contribution in [0.25, 0.3) is 0 Å². The molecule has 98 valence electrons. The van der Waals surface area contributed by atoms with E-state index in [-0.39, 0.29) is 6.03 Å². The van der Waals surface area contributed by atoms with Crippen LogP contribution in [0.3, 0.4) is 0 Å². The number of anilines is 1. The highest BCUT2D eigenvalue weighted by molar-refractivity contribution is 5.88. The number of nitrogens with zero attached hydrogens (tertiary/aromatic N) is 1. The molecule has 0 aromatic heterocycles. The summed E-state index contributed by atoms with van der Waals surface area (Å²) < 4.78 is 0. The Labute approximate surface area is 113 Å². The SMILES string of the molecule is CN(C)C(=O)Nc1ccc(Cc2ccccc2)cc1. The Kier molecular flexibility index (Phi) is 4.18. The van der Waals surface area contributed by atoms with Crippen LogP contribution >= 0.6 is 0 Å². The zero-order chi connectivity index (χ0) is 13.7. The van der Waals surface area contributed by atoms with Crippen LogP contribution in [0.5, 0.6) is 0 Å². The van der Waals surface area contributed by atoms with Crippen molar-refractivity contribution < 1.29 is 4.79 Å². The first-order valence-electron chi connectivity index (χ1n) is 6.26. The monoisotopic (exact) mass is 254 g/mol. The second kappa shape index (κ2) is 6.05. The van der Waals surface area contributed by atoms with E-state index in [9.17, 15) is 4.79 Å². The molecule has 0 bridgehead atoms. The number of benzene rings is 2. The van der Waals surface area contributed by atoms with Gasteiger partial charge < -0.3 is 10.2 Å². The summed E-state index contributed by atoms with van der Waals surface area (Å²) in [6, 6.07) is 18.2. The number of urea groups is 1. The standard InChI is InChI=1S/C16H18N2O/c1-18(2)16(19)17-15-10-8-14(9-11-15)12-13-6-4-3-5-7-13/h3-11H,12H2,1-2H3,(H,17,19). The van der Waals surface area contributed by atoms with E-state index in [4.69, 9.17) is 0 Å². The molecule has 0 heterocycles. The van der Waals surface area contributed by atoms with E-state index in [2.05, 4.69) is 17.4 Å². The summed E-state index contributed by atoms with van der Waals surface area (Å²) in [5, 5.41) is 2.82. The quantitative estimate of drug-likeness (QED) is 0.894. The largest absolute Gasteiger partial charge is 0.331 e. The molecule has 0 aliphatic heterocycles. The highest BCUT2D eigenvalue weighted by atomic mass is 16.2. The molecule has 2 rings (SSSR count). The van der Waals surface area contributed by atoms with Crippen molar-refractivity contribution in [3.63, 3.8) is 0 Å². The first kappa shape index (κ1) is 13.1. The minimum Gasteiger partial charge on any atom is -0.331 e. The molecule has 3 heteroatoms. The number of hydrogen-bond acceptors (Lipinski definition) is 1. The maximum Gasteiger partial charge on any atom is 0.321 e. The third-order valence-electron chi connectivity index (χ3n) is 2.86. The van der Waals surface area contributed by atoms with Gasteiger partial charge in [0.05, 0.1) is 0 Å². The zero-order valence-corrected chi connectivity index (χ0v) is 11.3. The molecule has 0 aliphatic carbocycles. The van der Waals surface area contributed by atoms with Crippen LogP contribution in [-0.4, -0.2) is 25.0 Å². The predicted molar refractivity (Wildman–Crippen MR) is 78.4 cm³/mol. The minimum absolute atomic E-state index is 0.115. The molecule has 1 N–H and O–H groups in total. The van der Waals surface area contributed by atoms with Crippen molar-refractivity contribution in [2.45, 2.75) is 6.42 Å². The van der Waals surface area contributed by atoms with Gasteiger partial charge in [-0.3, -0.25) is 0 Å². The molecule has 0 aliphatic rings. The van der Waals surface area contributed by atoms with Crippen LogP contribution < -0.4 is 5.32 Å². The molecule has 0 atom stereocenters. The van der Waals surface area contributed by atoms with E-state index in [1.165, 1.54) is 16.0 Å². The lowest BCUT2D eigenvalue weighted by molar-refractivity contribution is 0.230. The molecular weight excluding hydrogens is 236 g/mol. The molecule has 2 amide bonds. The van der Waals surface area contributed by atoms with Gasteiger partial charge in [-0.2, -0.15) is 0 Å². The fourth-order valence-corrected chi connectivity index (χ4v) is 1.77. The van der Waals surface area contributed by atoms with Gasteiger partial charge in [-0.05, 0) is 29.7 Å². The summed E-state index contributed by atoms with van der Waals surface area (Å²) in [6.45, 7) is 0. The van der Waals surface area contributed by atoms with Crippen LogP contribution in [0, 0.1) is 0 Å². The third-order valence-corrected chi connectivity index (χ3v) is 2.86. The van der Waals surface area contributed by atoms with Gasteiger partial charge in [-0.1, -0.05) is 42.5 Å². The van der Waals surface area contributed by atoms with Crippen molar-refractivity contribution in [1.82, 2.24) is 4.90 Å². The molecule has 0 unspecified atom stereocenters. The molecule has 0 saturated carbocycles. The fraction of sp³-hybridized carbons (Fsp3) is 0.188. The average molecular weight is 254 g/mol. The van der Waals surface area contributed by atoms with Gasteiger partial charge in [-0.25, -0.2) is 4.79 Å². The smallest absolute Gasteiger partial charge is 0.321 e. The van der Waals surface area contributed by atoms with Gasteiger partial charge in [0, 0.05) is 19.8 Å². The van der Waals surface area contributed by atoms with E-state index < -0.39 is 0 Å². The van der Waals surface area contributed by atoms with Crippen molar-refractivity contribution in [3.05, 3.63) is 65.7 Å². The summed E-state index contributed by atoms with van der Waals surface area (Å²) in [4.78, 5) is 13.0. The zero-order valence-electron chi connectivity index (χ0n) is 11.3. The molecule has 0 spiro atoms. The van der Waals surface area contributed by atoms with E-state index in [1.54, 1.807) is 14.1 Å². The van der Waals surface area contributed by atoms with E-state index in [0.29, 0.717) is 0 Å². The summed E-state index contributed by atoms with van der Waals surface area (Å²) in [7, 11) is 3.44. The molecule has 2 aromatic carbocycles. The van der Waals surface area contributed by atoms with Crippen molar-refractivity contribution in [2.75, 3.05) is 19.4 Å². The van der Waals surface area contributed by atoms with Crippen LogP contribution in [0.1, 0.15) is 11.1 Å². The number of carbonyl (C=O) groups excluding carboxylic acids is 1. The Bertz CT molecular complexity index is 532. The van der Waals surface area contributed by atoms with Crippen molar-refractivity contribution >= 4 is 11.7 Å². The Hall–Kier alpha value is -2.29. The second-order valence-corrected chi connectivity index (χ2v) is 4.68. The van der Waals surface area contributed by atoms with Crippen LogP contribution in [0.4, 0.5) is 10.5 Å². The van der Waals surface area contributed by atoms with E-state index in [0.717, 1.165) is 12.1 Å². The number of amides is 2. The predicted octanol–water partition coefficient (Wildman–Crippen LogP) is 3.37. The molecule has 0 saturated heterocycles. The highest BCUT2D eigenvalue weighted by Gasteiger charge is 2.03. The van der Waals surface area contributed by atoms with E-state index in [1.807, 2.05) is 42.5 Å². The Morgan fingerprint density at radius 1 is 0.947 bits per heavy atom. The lowest BCUT2D eigenvalue weighted by Crippen LogP contribution is -2.27. The topological polar surface area (TPSA) is 32.3 Å². The Balaban J connectivity index is 2.01. The van der Waals surface area contributed by atoms with Crippen molar-refractivity contribution in [1.29, 1.82) is 0 Å². The highest BCUT2D eigenvalue weighted by Crippen LogP contribution is 2.13. The maximum absolute atomic E-state index is 11.5. The first-order valence-corrected chi connectivity index (χ1v) is 6.26. The lowest BCUT2D eigenvalue weighted by Gasteiger charge is -2.12. The molecule has 0 radical (unpaired) electrons. The number of hydrogen-bond donors (Lipinski definition) is 1. The summed E-state index contributed by atoms with van der Waals surface area (Å²) in [5.74, 6) is 0. The number of nitrogens with one attached hydrogen (secondary N) is 1. The summed E-state index contributed by atoms with van der Waals surface area (Å²) in [6.07, 6.45) is 0.906. The van der Waals surface area contributed by atoms with Crippen molar-refractivity contribution in [2.24, 2.45) is 0 Å². The third kappa shape index (κ3) is 3.85. The lowest BCUT2D eigenvalue weighted by atomic mass is 10.0. The first-order chi connectivity index (χ1) is 9.15. The van der Waals surface area contributed by atoms with Gasteiger partial charge in [0.2, 0.25) is 0 Å². The Morgan fingerprint density at radius 3 is 2.11 bits per heavy atom. The molecule has 0 fully saturated rings. The summed E-state index contributed by atoms with van der Waals surface area (Å²) in [5.41, 5.74) is 3.33. The number of rotatable bonds is 3. The molecular formula is C16H18N2O. The molecule has 2 aromatic rings. The van der Waals surface area contributed by atoms with Gasteiger partial charge in [0.1, 0.15) is 0 Å². The van der Waals surface area contributed by atoms with Crippen LogP contribution in [0.15, 0.2) is 54.6 Å². The molecule has 3 nitrogen and oxygen atoms in total. The second-order valence-electron chi connectivity index (χ2n) is 4.68. The van der Waals surface area contributed by atoms with Gasteiger partial charge in [-0.15, -0.1) is 0 Å². The normalized spacial score (nSPS) is 10.0. The number of carbonyl (C=O) groups is 1.